The van der Waals surface area contributed by atoms with Crippen LogP contribution < -0.4 is 10.1 Å². The van der Waals surface area contributed by atoms with Crippen molar-refractivity contribution in [2.75, 3.05) is 19.5 Å². The number of benzene rings is 2. The van der Waals surface area contributed by atoms with E-state index in [4.69, 9.17) is 4.74 Å². The number of amides is 2. The number of methoxy groups -OCH3 is 1. The van der Waals surface area contributed by atoms with Gasteiger partial charge in [0.1, 0.15) is 11.0 Å². The maximum Gasteiger partial charge on any atom is 0.238 e. The normalized spacial score (nSPS) is 18.3. The van der Waals surface area contributed by atoms with Crippen LogP contribution in [0.4, 0.5) is 11.4 Å². The molecule has 7 heteroatoms. The van der Waals surface area contributed by atoms with E-state index in [-0.39, 0.29) is 18.2 Å². The average Bonchev–Trinajstić information content (AvgIpc) is 2.68. The van der Waals surface area contributed by atoms with Gasteiger partial charge in [0.25, 0.3) is 0 Å². The number of hydrogen-bond acceptors (Lipinski definition) is 5. The van der Waals surface area contributed by atoms with Crippen molar-refractivity contribution in [1.82, 2.24) is 4.90 Å². The fourth-order valence-electron chi connectivity index (χ4n) is 2.83. The van der Waals surface area contributed by atoms with Crippen LogP contribution in [-0.4, -0.2) is 41.3 Å². The highest BCUT2D eigenvalue weighted by atomic mass is 32.2. The number of thioether (sulfide) groups is 1. The van der Waals surface area contributed by atoms with E-state index >= 15 is 0 Å². The van der Waals surface area contributed by atoms with E-state index in [1.165, 1.54) is 16.7 Å². The molecule has 2 aromatic rings. The molecule has 2 amide bonds. The molecule has 28 heavy (non-hydrogen) atoms. The second-order valence-corrected chi connectivity index (χ2v) is 7.83. The third-order valence-corrected chi connectivity index (χ3v) is 5.74. The number of aliphatic imine (C=N–C) groups is 1. The Bertz CT molecular complexity index is 925. The molecule has 1 atom stereocenters. The van der Waals surface area contributed by atoms with Gasteiger partial charge >= 0.3 is 0 Å². The van der Waals surface area contributed by atoms with Crippen LogP contribution in [0.5, 0.6) is 5.75 Å². The van der Waals surface area contributed by atoms with Gasteiger partial charge in [-0.25, -0.2) is 4.99 Å². The van der Waals surface area contributed by atoms with E-state index in [2.05, 4.69) is 10.3 Å². The standard InChI is InChI=1S/C21H23N3O3S/c1-13-5-10-17(14(2)11-13)23-20(26)18-12-19(25)24(3)21(28-18)22-15-6-8-16(27-4)9-7-15/h5-11,18H,12H2,1-4H3,(H,23,26). The summed E-state index contributed by atoms with van der Waals surface area (Å²) in [6.07, 6.45) is 0.138. The SMILES string of the molecule is COc1ccc(N=C2SC(C(=O)Nc3ccc(C)cc3C)CC(=O)N2C)cc1. The van der Waals surface area contributed by atoms with Crippen molar-refractivity contribution in [1.29, 1.82) is 0 Å². The number of amidine groups is 1. The number of nitrogens with zero attached hydrogens (tertiary/aromatic N) is 2. The summed E-state index contributed by atoms with van der Waals surface area (Å²) in [5.74, 6) is 0.406. The topological polar surface area (TPSA) is 71.0 Å². The molecule has 1 aliphatic heterocycles. The highest BCUT2D eigenvalue weighted by molar-refractivity contribution is 8.15. The minimum atomic E-state index is -0.526. The molecule has 1 fully saturated rings. The number of aryl methyl sites for hydroxylation is 2. The fraction of sp³-hybridized carbons (Fsp3) is 0.286. The van der Waals surface area contributed by atoms with Crippen molar-refractivity contribution < 1.29 is 14.3 Å². The number of ether oxygens (including phenoxy) is 1. The summed E-state index contributed by atoms with van der Waals surface area (Å²) >= 11 is 1.30. The second kappa shape index (κ2) is 8.48. The molecule has 6 nitrogen and oxygen atoms in total. The summed E-state index contributed by atoms with van der Waals surface area (Å²) in [6.45, 7) is 3.96. The molecule has 1 unspecified atom stereocenters. The highest BCUT2D eigenvalue weighted by Crippen LogP contribution is 2.30. The molecule has 0 aromatic heterocycles. The van der Waals surface area contributed by atoms with Gasteiger partial charge in [0.15, 0.2) is 5.17 Å². The number of rotatable bonds is 4. The Kier molecular flexibility index (Phi) is 6.04. The van der Waals surface area contributed by atoms with Crippen LogP contribution >= 0.6 is 11.8 Å². The number of carbonyl (C=O) groups excluding carboxylic acids is 2. The van der Waals surface area contributed by atoms with Gasteiger partial charge in [0.05, 0.1) is 12.8 Å². The smallest absolute Gasteiger partial charge is 0.238 e. The first-order chi connectivity index (χ1) is 13.4. The van der Waals surface area contributed by atoms with Crippen molar-refractivity contribution in [2.45, 2.75) is 25.5 Å². The summed E-state index contributed by atoms with van der Waals surface area (Å²) in [7, 11) is 3.28. The molecular formula is C21H23N3O3S. The minimum absolute atomic E-state index is 0.133. The molecule has 3 rings (SSSR count). The zero-order chi connectivity index (χ0) is 20.3. The molecule has 1 N–H and O–H groups in total. The lowest BCUT2D eigenvalue weighted by atomic mass is 10.1. The van der Waals surface area contributed by atoms with Crippen molar-refractivity contribution >= 4 is 40.1 Å². The van der Waals surface area contributed by atoms with Crippen molar-refractivity contribution in [3.8, 4) is 5.75 Å². The molecule has 0 saturated carbocycles. The molecule has 0 aliphatic carbocycles. The van der Waals surface area contributed by atoms with Gasteiger partial charge in [-0.1, -0.05) is 29.5 Å². The van der Waals surface area contributed by atoms with Gasteiger partial charge in [0.2, 0.25) is 11.8 Å². The molecular weight excluding hydrogens is 374 g/mol. The summed E-state index contributed by atoms with van der Waals surface area (Å²) < 4.78 is 5.15. The molecule has 0 spiro atoms. The first-order valence-corrected chi connectivity index (χ1v) is 9.79. The van der Waals surface area contributed by atoms with Crippen LogP contribution in [0.3, 0.4) is 0 Å². The quantitative estimate of drug-likeness (QED) is 0.849. The fourth-order valence-corrected chi connectivity index (χ4v) is 3.90. The Morgan fingerprint density at radius 3 is 2.57 bits per heavy atom. The first kappa shape index (κ1) is 19.9. The Morgan fingerprint density at radius 2 is 1.93 bits per heavy atom. The monoisotopic (exact) mass is 397 g/mol. The zero-order valence-corrected chi connectivity index (χ0v) is 17.2. The summed E-state index contributed by atoms with van der Waals surface area (Å²) in [5.41, 5.74) is 3.58. The molecule has 1 aliphatic rings. The van der Waals surface area contributed by atoms with Crippen LogP contribution in [0, 0.1) is 13.8 Å². The summed E-state index contributed by atoms with van der Waals surface area (Å²) in [4.78, 5) is 31.2. The van der Waals surface area contributed by atoms with Gasteiger partial charge in [-0.3, -0.25) is 14.5 Å². The first-order valence-electron chi connectivity index (χ1n) is 8.91. The van der Waals surface area contributed by atoms with Gasteiger partial charge in [-0.05, 0) is 49.7 Å². The van der Waals surface area contributed by atoms with Crippen molar-refractivity contribution in [3.05, 3.63) is 53.6 Å². The molecule has 1 heterocycles. The molecule has 146 valence electrons. The predicted octanol–water partition coefficient (Wildman–Crippen LogP) is 3.90. The predicted molar refractivity (Wildman–Crippen MR) is 113 cm³/mol. The Hall–Kier alpha value is -2.80. The van der Waals surface area contributed by atoms with Crippen LogP contribution in [0.15, 0.2) is 47.5 Å². The van der Waals surface area contributed by atoms with E-state index in [1.807, 2.05) is 44.2 Å². The van der Waals surface area contributed by atoms with E-state index < -0.39 is 5.25 Å². The molecule has 1 saturated heterocycles. The van der Waals surface area contributed by atoms with Gasteiger partial charge in [-0.15, -0.1) is 0 Å². The summed E-state index contributed by atoms with van der Waals surface area (Å²) in [5, 5.41) is 2.92. The largest absolute Gasteiger partial charge is 0.497 e. The Balaban J connectivity index is 1.77. The third kappa shape index (κ3) is 4.54. The lowest BCUT2D eigenvalue weighted by Gasteiger charge is -2.29. The van der Waals surface area contributed by atoms with E-state index in [0.29, 0.717) is 10.9 Å². The van der Waals surface area contributed by atoms with Crippen LogP contribution in [0.1, 0.15) is 17.5 Å². The lowest BCUT2D eigenvalue weighted by molar-refractivity contribution is -0.128. The maximum atomic E-state index is 12.8. The van der Waals surface area contributed by atoms with E-state index in [0.717, 1.165) is 22.6 Å². The molecule has 0 bridgehead atoms. The van der Waals surface area contributed by atoms with Crippen LogP contribution in [0.25, 0.3) is 0 Å². The number of nitrogens with one attached hydrogen (secondary N) is 1. The lowest BCUT2D eigenvalue weighted by Crippen LogP contribution is -2.43. The average molecular weight is 398 g/mol. The highest BCUT2D eigenvalue weighted by Gasteiger charge is 2.34. The molecule has 0 radical (unpaired) electrons. The Morgan fingerprint density at radius 1 is 1.21 bits per heavy atom. The second-order valence-electron chi connectivity index (χ2n) is 6.66. The van der Waals surface area contributed by atoms with E-state index in [9.17, 15) is 9.59 Å². The zero-order valence-electron chi connectivity index (χ0n) is 16.4. The van der Waals surface area contributed by atoms with Crippen molar-refractivity contribution in [2.24, 2.45) is 4.99 Å². The number of carbonyl (C=O) groups is 2. The maximum absolute atomic E-state index is 12.8. The molecule has 2 aromatic carbocycles. The third-order valence-electron chi connectivity index (χ3n) is 4.50. The number of hydrogen-bond donors (Lipinski definition) is 1. The van der Waals surface area contributed by atoms with Crippen LogP contribution in [-0.2, 0) is 9.59 Å². The summed E-state index contributed by atoms with van der Waals surface area (Å²) in [6, 6.07) is 13.1. The van der Waals surface area contributed by atoms with Gasteiger partial charge in [0, 0.05) is 19.2 Å². The minimum Gasteiger partial charge on any atom is -0.497 e. The van der Waals surface area contributed by atoms with Crippen molar-refractivity contribution in [3.63, 3.8) is 0 Å². The Labute approximate surface area is 169 Å². The van der Waals surface area contributed by atoms with Crippen LogP contribution in [0.2, 0.25) is 0 Å². The van der Waals surface area contributed by atoms with Gasteiger partial charge in [-0.2, -0.15) is 0 Å². The van der Waals surface area contributed by atoms with E-state index in [1.54, 1.807) is 26.3 Å². The van der Waals surface area contributed by atoms with Gasteiger partial charge < -0.3 is 10.1 Å². The number of anilines is 1.